The Kier molecular flexibility index (Phi) is 5.64. The van der Waals surface area contributed by atoms with Gasteiger partial charge in [0.1, 0.15) is 0 Å². The monoisotopic (exact) mass is 314 g/mol. The third kappa shape index (κ3) is 4.37. The fourth-order valence-corrected chi connectivity index (χ4v) is 1.63. The first-order valence-corrected chi connectivity index (χ1v) is 6.32. The molecule has 6 heteroatoms. The summed E-state index contributed by atoms with van der Waals surface area (Å²) in [6.07, 6.45) is 0.834. The van der Waals surface area contributed by atoms with Crippen LogP contribution in [0.25, 0.3) is 0 Å². The highest BCUT2D eigenvalue weighted by atomic mass is 79.9. The van der Waals surface area contributed by atoms with Gasteiger partial charge < -0.3 is 15.8 Å². The number of ether oxygens (including phenoxy) is 1. The number of carbonyl (C=O) groups excluding carboxylic acids is 2. The Labute approximate surface area is 114 Å². The van der Waals surface area contributed by atoms with Crippen LogP contribution in [-0.2, 0) is 9.53 Å². The van der Waals surface area contributed by atoms with Crippen LogP contribution in [0.15, 0.2) is 22.7 Å². The van der Waals surface area contributed by atoms with Crippen molar-refractivity contribution in [3.8, 4) is 0 Å². The molecule has 0 saturated carbocycles. The number of nitrogens with one attached hydrogen (secondary N) is 1. The fraction of sp³-hybridized carbons (Fsp3) is 0.333. The maximum atomic E-state index is 11.7. The second-order valence-electron chi connectivity index (χ2n) is 3.67. The molecule has 0 aliphatic heterocycles. The lowest BCUT2D eigenvalue weighted by Crippen LogP contribution is -2.29. The quantitative estimate of drug-likeness (QED) is 0.640. The summed E-state index contributed by atoms with van der Waals surface area (Å²) < 4.78 is 5.47. The molecular formula is C12H15BrN2O3. The molecule has 1 rings (SSSR count). The highest BCUT2D eigenvalue weighted by molar-refractivity contribution is 9.10. The molecule has 0 unspecified atom stereocenters. The SMILES string of the molecule is CCCNC(=O)COC(=O)c1cc(N)ccc1Br. The first-order valence-electron chi connectivity index (χ1n) is 5.53. The zero-order valence-electron chi connectivity index (χ0n) is 10.0. The molecule has 0 aromatic heterocycles. The molecule has 98 valence electrons. The van der Waals surface area contributed by atoms with Crippen LogP contribution >= 0.6 is 15.9 Å². The Bertz CT molecular complexity index is 449. The minimum absolute atomic E-state index is 0.292. The molecule has 0 bridgehead atoms. The summed E-state index contributed by atoms with van der Waals surface area (Å²) in [5.74, 6) is -0.897. The first kappa shape index (κ1) is 14.5. The van der Waals surface area contributed by atoms with E-state index < -0.39 is 5.97 Å². The molecule has 0 aliphatic carbocycles. The van der Waals surface area contributed by atoms with E-state index in [9.17, 15) is 9.59 Å². The predicted octanol–water partition coefficient (Wildman–Crippen LogP) is 1.71. The Morgan fingerprint density at radius 2 is 2.17 bits per heavy atom. The third-order valence-corrected chi connectivity index (χ3v) is 2.81. The summed E-state index contributed by atoms with van der Waals surface area (Å²) in [6.45, 7) is 2.22. The third-order valence-electron chi connectivity index (χ3n) is 2.12. The maximum absolute atomic E-state index is 11.7. The second kappa shape index (κ2) is 7.00. The van der Waals surface area contributed by atoms with Crippen molar-refractivity contribution in [3.63, 3.8) is 0 Å². The number of rotatable bonds is 5. The zero-order chi connectivity index (χ0) is 13.5. The van der Waals surface area contributed by atoms with Gasteiger partial charge in [0.2, 0.25) is 0 Å². The van der Waals surface area contributed by atoms with Crippen molar-refractivity contribution in [2.45, 2.75) is 13.3 Å². The molecule has 0 heterocycles. The number of halogens is 1. The summed E-state index contributed by atoms with van der Waals surface area (Å²) >= 11 is 3.22. The summed E-state index contributed by atoms with van der Waals surface area (Å²) in [5.41, 5.74) is 6.34. The summed E-state index contributed by atoms with van der Waals surface area (Å²) in [6, 6.07) is 4.81. The minimum Gasteiger partial charge on any atom is -0.452 e. The van der Waals surface area contributed by atoms with Crippen LogP contribution in [0, 0.1) is 0 Å². The Morgan fingerprint density at radius 1 is 1.44 bits per heavy atom. The normalized spacial score (nSPS) is 9.89. The standard InChI is InChI=1S/C12H15BrN2O3/c1-2-5-15-11(16)7-18-12(17)9-6-8(14)3-4-10(9)13/h3-4,6H,2,5,7,14H2,1H3,(H,15,16). The van der Waals surface area contributed by atoms with E-state index in [1.54, 1.807) is 12.1 Å². The van der Waals surface area contributed by atoms with Crippen LogP contribution < -0.4 is 11.1 Å². The topological polar surface area (TPSA) is 81.4 Å². The van der Waals surface area contributed by atoms with E-state index in [1.807, 2.05) is 6.92 Å². The van der Waals surface area contributed by atoms with Gasteiger partial charge in [0.15, 0.2) is 6.61 Å². The fourth-order valence-electron chi connectivity index (χ4n) is 1.22. The number of nitrogen functional groups attached to an aromatic ring is 1. The van der Waals surface area contributed by atoms with Crippen molar-refractivity contribution in [1.82, 2.24) is 5.32 Å². The lowest BCUT2D eigenvalue weighted by Gasteiger charge is -2.07. The molecule has 0 saturated heterocycles. The zero-order valence-corrected chi connectivity index (χ0v) is 11.6. The molecular weight excluding hydrogens is 300 g/mol. The summed E-state index contributed by atoms with van der Waals surface area (Å²) in [7, 11) is 0. The van der Waals surface area contributed by atoms with Crippen LogP contribution in [0.2, 0.25) is 0 Å². The number of amides is 1. The van der Waals surface area contributed by atoms with E-state index in [4.69, 9.17) is 10.5 Å². The molecule has 18 heavy (non-hydrogen) atoms. The maximum Gasteiger partial charge on any atom is 0.339 e. The average Bonchev–Trinajstić information content (AvgIpc) is 2.36. The van der Waals surface area contributed by atoms with Gasteiger partial charge in [-0.3, -0.25) is 4.79 Å². The van der Waals surface area contributed by atoms with Gasteiger partial charge in [-0.25, -0.2) is 4.79 Å². The molecule has 0 spiro atoms. The number of hydrogen-bond acceptors (Lipinski definition) is 4. The van der Waals surface area contributed by atoms with Gasteiger partial charge in [-0.1, -0.05) is 6.92 Å². The van der Waals surface area contributed by atoms with Crippen molar-refractivity contribution in [2.75, 3.05) is 18.9 Å². The molecule has 0 atom stereocenters. The van der Waals surface area contributed by atoms with Crippen molar-refractivity contribution >= 4 is 33.5 Å². The number of nitrogens with two attached hydrogens (primary N) is 1. The van der Waals surface area contributed by atoms with Gasteiger partial charge in [0.05, 0.1) is 5.56 Å². The highest BCUT2D eigenvalue weighted by Crippen LogP contribution is 2.20. The molecule has 1 amide bonds. The summed E-state index contributed by atoms with van der Waals surface area (Å²) in [5, 5.41) is 2.61. The summed E-state index contributed by atoms with van der Waals surface area (Å²) in [4.78, 5) is 23.0. The molecule has 1 aromatic rings. The molecule has 1 aromatic carbocycles. The number of esters is 1. The smallest absolute Gasteiger partial charge is 0.339 e. The molecule has 3 N–H and O–H groups in total. The van der Waals surface area contributed by atoms with E-state index in [0.29, 0.717) is 22.3 Å². The van der Waals surface area contributed by atoms with Gasteiger partial charge >= 0.3 is 5.97 Å². The molecule has 0 aliphatic rings. The van der Waals surface area contributed by atoms with E-state index in [1.165, 1.54) is 6.07 Å². The van der Waals surface area contributed by atoms with Crippen LogP contribution in [0.1, 0.15) is 23.7 Å². The number of hydrogen-bond donors (Lipinski definition) is 2. The lowest BCUT2D eigenvalue weighted by atomic mass is 10.2. The second-order valence-corrected chi connectivity index (χ2v) is 4.52. The van der Waals surface area contributed by atoms with Gasteiger partial charge in [-0.05, 0) is 40.5 Å². The van der Waals surface area contributed by atoms with Crippen LogP contribution in [0.5, 0.6) is 0 Å². The molecule has 5 nitrogen and oxygen atoms in total. The minimum atomic E-state index is -0.583. The number of benzene rings is 1. The van der Waals surface area contributed by atoms with Gasteiger partial charge in [-0.15, -0.1) is 0 Å². The average molecular weight is 315 g/mol. The van der Waals surface area contributed by atoms with Crippen molar-refractivity contribution in [1.29, 1.82) is 0 Å². The molecule has 0 radical (unpaired) electrons. The number of carbonyl (C=O) groups is 2. The van der Waals surface area contributed by atoms with Gasteiger partial charge in [0, 0.05) is 16.7 Å². The first-order chi connectivity index (χ1) is 8.54. The lowest BCUT2D eigenvalue weighted by molar-refractivity contribution is -0.124. The number of anilines is 1. The Morgan fingerprint density at radius 3 is 2.83 bits per heavy atom. The van der Waals surface area contributed by atoms with E-state index in [0.717, 1.165) is 6.42 Å². The molecule has 0 fully saturated rings. The Hall–Kier alpha value is -1.56. The van der Waals surface area contributed by atoms with Crippen molar-refractivity contribution in [2.24, 2.45) is 0 Å². The van der Waals surface area contributed by atoms with Crippen molar-refractivity contribution < 1.29 is 14.3 Å². The van der Waals surface area contributed by atoms with E-state index >= 15 is 0 Å². The predicted molar refractivity (Wildman–Crippen MR) is 72.1 cm³/mol. The van der Waals surface area contributed by atoms with Crippen LogP contribution in [0.4, 0.5) is 5.69 Å². The van der Waals surface area contributed by atoms with E-state index in [-0.39, 0.29) is 12.5 Å². The van der Waals surface area contributed by atoms with Crippen LogP contribution in [-0.4, -0.2) is 25.0 Å². The van der Waals surface area contributed by atoms with Crippen LogP contribution in [0.3, 0.4) is 0 Å². The van der Waals surface area contributed by atoms with Gasteiger partial charge in [0.25, 0.3) is 5.91 Å². The van der Waals surface area contributed by atoms with Gasteiger partial charge in [-0.2, -0.15) is 0 Å². The van der Waals surface area contributed by atoms with E-state index in [2.05, 4.69) is 21.2 Å². The Balaban J connectivity index is 2.55. The van der Waals surface area contributed by atoms with Crippen molar-refractivity contribution in [3.05, 3.63) is 28.2 Å². The largest absolute Gasteiger partial charge is 0.452 e. The highest BCUT2D eigenvalue weighted by Gasteiger charge is 2.13.